The van der Waals surface area contributed by atoms with Crippen LogP contribution in [0.2, 0.25) is 0 Å². The molecule has 0 aliphatic rings. The van der Waals surface area contributed by atoms with Crippen LogP contribution in [0.25, 0.3) is 0 Å². The Labute approximate surface area is 155 Å². The fraction of sp³-hybridized carbons (Fsp3) is 0.647. The molecule has 11 heteroatoms. The maximum Gasteiger partial charge on any atom is 0.460 e. The molecule has 0 aliphatic heterocycles. The predicted octanol–water partition coefficient (Wildman–Crippen LogP) is 6.41. The molecule has 28 heavy (non-hydrogen) atoms. The van der Waals surface area contributed by atoms with E-state index >= 15 is 0 Å². The lowest BCUT2D eigenvalue weighted by Gasteiger charge is -2.35. The molecule has 0 heterocycles. The summed E-state index contributed by atoms with van der Waals surface area (Å²) in [5, 5.41) is 0. The quantitative estimate of drug-likeness (QED) is 0.469. The van der Waals surface area contributed by atoms with Crippen molar-refractivity contribution in [3.63, 3.8) is 0 Å². The fourth-order valence-corrected chi connectivity index (χ4v) is 2.26. The molecule has 0 saturated heterocycles. The number of rotatable bonds is 7. The van der Waals surface area contributed by atoms with Gasteiger partial charge in [-0.1, -0.05) is 18.2 Å². The molecule has 0 spiro atoms. The summed E-state index contributed by atoms with van der Waals surface area (Å²) < 4.78 is 128. The average molecular weight is 426 g/mol. The van der Waals surface area contributed by atoms with Gasteiger partial charge in [0.25, 0.3) is 0 Å². The van der Waals surface area contributed by atoms with Gasteiger partial charge in [0.1, 0.15) is 11.4 Å². The minimum atomic E-state index is -6.94. The zero-order valence-corrected chi connectivity index (χ0v) is 15.3. The van der Waals surface area contributed by atoms with Gasteiger partial charge in [-0.2, -0.15) is 39.5 Å². The first-order chi connectivity index (χ1) is 12.4. The lowest BCUT2D eigenvalue weighted by atomic mass is 9.94. The first-order valence-electron chi connectivity index (χ1n) is 7.88. The summed E-state index contributed by atoms with van der Waals surface area (Å²) in [4.78, 5) is 0. The van der Waals surface area contributed by atoms with Crippen molar-refractivity contribution >= 4 is 0 Å². The SMILES string of the molecule is COC(CC(F)(F)C(F)(F)C(F)(F)C(F)(F)F)c1ccccc1OC(C)(C)C. The van der Waals surface area contributed by atoms with E-state index in [2.05, 4.69) is 0 Å². The molecule has 0 saturated carbocycles. The number of ether oxygens (including phenoxy) is 2. The molecular formula is C17H19F9O2. The van der Waals surface area contributed by atoms with Gasteiger partial charge >= 0.3 is 23.9 Å². The molecule has 1 aromatic carbocycles. The standard InChI is InChI=1S/C17H19F9O2/c1-13(2,3)28-11-8-6-5-7-10(11)12(27-4)9-14(18,19)15(20,21)16(22,23)17(24,25)26/h5-8,12H,9H2,1-4H3. The molecule has 0 bridgehead atoms. The Hall–Kier alpha value is -1.65. The highest BCUT2D eigenvalue weighted by molar-refractivity contribution is 5.36. The van der Waals surface area contributed by atoms with Crippen molar-refractivity contribution in [1.82, 2.24) is 0 Å². The predicted molar refractivity (Wildman–Crippen MR) is 82.1 cm³/mol. The lowest BCUT2D eigenvalue weighted by Crippen LogP contribution is -2.61. The number of halogens is 9. The smallest absolute Gasteiger partial charge is 0.460 e. The van der Waals surface area contributed by atoms with Crippen LogP contribution in [-0.2, 0) is 4.74 Å². The van der Waals surface area contributed by atoms with Gasteiger partial charge in [-0.15, -0.1) is 0 Å². The normalized spacial score (nSPS) is 15.5. The second-order valence-electron chi connectivity index (χ2n) is 7.03. The van der Waals surface area contributed by atoms with E-state index in [9.17, 15) is 39.5 Å². The van der Waals surface area contributed by atoms with E-state index < -0.39 is 42.1 Å². The van der Waals surface area contributed by atoms with Gasteiger partial charge in [-0.25, -0.2) is 0 Å². The highest BCUT2D eigenvalue weighted by Gasteiger charge is 2.81. The van der Waals surface area contributed by atoms with E-state index in [0.29, 0.717) is 0 Å². The third kappa shape index (κ3) is 4.84. The Morgan fingerprint density at radius 3 is 1.75 bits per heavy atom. The van der Waals surface area contributed by atoms with Gasteiger partial charge in [-0.3, -0.25) is 0 Å². The van der Waals surface area contributed by atoms with Crippen molar-refractivity contribution in [3.8, 4) is 5.75 Å². The molecule has 1 atom stereocenters. The molecule has 1 aromatic rings. The molecule has 0 N–H and O–H groups in total. The van der Waals surface area contributed by atoms with Crippen LogP contribution in [-0.4, -0.2) is 36.7 Å². The molecule has 1 rings (SSSR count). The molecule has 0 fully saturated rings. The number of hydrogen-bond acceptors (Lipinski definition) is 2. The zero-order valence-electron chi connectivity index (χ0n) is 15.3. The van der Waals surface area contributed by atoms with Crippen molar-refractivity contribution < 1.29 is 49.0 Å². The van der Waals surface area contributed by atoms with Crippen molar-refractivity contribution in [1.29, 1.82) is 0 Å². The Morgan fingerprint density at radius 1 is 0.821 bits per heavy atom. The maximum absolute atomic E-state index is 14.0. The topological polar surface area (TPSA) is 18.5 Å². The Balaban J connectivity index is 3.30. The molecule has 0 amide bonds. The minimum Gasteiger partial charge on any atom is -0.488 e. The number of methoxy groups -OCH3 is 1. The van der Waals surface area contributed by atoms with Crippen LogP contribution in [0.5, 0.6) is 5.75 Å². The van der Waals surface area contributed by atoms with Gasteiger partial charge in [0, 0.05) is 19.1 Å². The molecule has 0 aromatic heterocycles. The van der Waals surface area contributed by atoms with Crippen LogP contribution >= 0.6 is 0 Å². The van der Waals surface area contributed by atoms with Crippen LogP contribution in [0.4, 0.5) is 39.5 Å². The van der Waals surface area contributed by atoms with Crippen LogP contribution in [0, 0.1) is 0 Å². The van der Waals surface area contributed by atoms with E-state index in [1.54, 1.807) is 20.8 Å². The molecule has 0 radical (unpaired) electrons. The zero-order chi connectivity index (χ0) is 22.2. The van der Waals surface area contributed by atoms with E-state index in [1.807, 2.05) is 0 Å². The summed E-state index contributed by atoms with van der Waals surface area (Å²) in [5.74, 6) is -19.5. The second kappa shape index (κ2) is 7.64. The Kier molecular flexibility index (Phi) is 6.66. The van der Waals surface area contributed by atoms with E-state index in [-0.39, 0.29) is 11.3 Å². The van der Waals surface area contributed by atoms with Crippen LogP contribution in [0.15, 0.2) is 24.3 Å². The van der Waals surface area contributed by atoms with E-state index in [4.69, 9.17) is 9.47 Å². The van der Waals surface area contributed by atoms with Crippen molar-refractivity contribution in [3.05, 3.63) is 29.8 Å². The summed E-state index contributed by atoms with van der Waals surface area (Å²) >= 11 is 0. The fourth-order valence-electron chi connectivity index (χ4n) is 2.26. The number of para-hydroxylation sites is 1. The molecule has 162 valence electrons. The molecule has 0 aliphatic carbocycles. The summed E-state index contributed by atoms with van der Waals surface area (Å²) in [5.41, 5.74) is -1.05. The highest BCUT2D eigenvalue weighted by Crippen LogP contribution is 2.55. The average Bonchev–Trinajstić information content (AvgIpc) is 2.50. The van der Waals surface area contributed by atoms with Crippen LogP contribution < -0.4 is 4.74 Å². The maximum atomic E-state index is 14.0. The number of benzene rings is 1. The molecular weight excluding hydrogens is 407 g/mol. The monoisotopic (exact) mass is 426 g/mol. The summed E-state index contributed by atoms with van der Waals surface area (Å²) in [6.45, 7) is 4.79. The second-order valence-corrected chi connectivity index (χ2v) is 7.03. The largest absolute Gasteiger partial charge is 0.488 e. The first kappa shape index (κ1) is 24.4. The Bertz CT molecular complexity index is 663. The van der Waals surface area contributed by atoms with Gasteiger partial charge in [0.2, 0.25) is 0 Å². The summed E-state index contributed by atoms with van der Waals surface area (Å²) in [7, 11) is 0.828. The number of hydrogen-bond donors (Lipinski definition) is 0. The van der Waals surface area contributed by atoms with Gasteiger partial charge in [-0.05, 0) is 26.8 Å². The first-order valence-corrected chi connectivity index (χ1v) is 7.88. The number of alkyl halides is 9. The van der Waals surface area contributed by atoms with Gasteiger partial charge in [0.05, 0.1) is 6.10 Å². The van der Waals surface area contributed by atoms with Crippen LogP contribution in [0.3, 0.4) is 0 Å². The third-order valence-electron chi connectivity index (χ3n) is 3.62. The Morgan fingerprint density at radius 2 is 1.32 bits per heavy atom. The van der Waals surface area contributed by atoms with Crippen molar-refractivity contribution in [2.75, 3.05) is 7.11 Å². The summed E-state index contributed by atoms with van der Waals surface area (Å²) in [6.07, 6.45) is -10.9. The molecule has 2 nitrogen and oxygen atoms in total. The van der Waals surface area contributed by atoms with Gasteiger partial charge in [0.15, 0.2) is 0 Å². The highest BCUT2D eigenvalue weighted by atomic mass is 19.4. The van der Waals surface area contributed by atoms with Crippen molar-refractivity contribution in [2.24, 2.45) is 0 Å². The van der Waals surface area contributed by atoms with E-state index in [0.717, 1.165) is 13.2 Å². The lowest BCUT2D eigenvalue weighted by molar-refractivity contribution is -0.398. The van der Waals surface area contributed by atoms with Crippen LogP contribution in [0.1, 0.15) is 38.9 Å². The van der Waals surface area contributed by atoms with E-state index in [1.165, 1.54) is 18.2 Å². The minimum absolute atomic E-state index is 0.0662. The van der Waals surface area contributed by atoms with Gasteiger partial charge < -0.3 is 9.47 Å². The molecule has 1 unspecified atom stereocenters. The summed E-state index contributed by atoms with van der Waals surface area (Å²) in [6, 6.07) is 5.21. The van der Waals surface area contributed by atoms with Crippen molar-refractivity contribution in [2.45, 2.75) is 62.8 Å². The third-order valence-corrected chi connectivity index (χ3v) is 3.62.